The zero-order chi connectivity index (χ0) is 19.6. The number of imidazole rings is 1. The molecule has 0 bridgehead atoms. The van der Waals surface area contributed by atoms with Crippen LogP contribution in [0.25, 0.3) is 16.9 Å². The molecule has 0 atom stereocenters. The van der Waals surface area contributed by atoms with E-state index in [1.54, 1.807) is 29.9 Å². The first-order chi connectivity index (χ1) is 13.5. The van der Waals surface area contributed by atoms with Gasteiger partial charge in [-0.3, -0.25) is 9.36 Å². The first-order valence-corrected chi connectivity index (χ1v) is 10.6. The van der Waals surface area contributed by atoms with E-state index in [0.717, 1.165) is 22.4 Å². The highest BCUT2D eigenvalue weighted by Crippen LogP contribution is 2.18. The number of carbonyl (C=O) groups is 1. The second-order valence-corrected chi connectivity index (χ2v) is 8.75. The van der Waals surface area contributed by atoms with Crippen molar-refractivity contribution in [1.82, 2.24) is 19.3 Å². The molecule has 142 valence electrons. The molecule has 0 fully saturated rings. The van der Waals surface area contributed by atoms with E-state index in [1.165, 1.54) is 12.3 Å². The molecule has 1 aromatic carbocycles. The largest absolute Gasteiger partial charge is 0.324 e. The van der Waals surface area contributed by atoms with Gasteiger partial charge in [0.25, 0.3) is 10.0 Å². The molecule has 10 heteroatoms. The number of aromatic nitrogens is 3. The van der Waals surface area contributed by atoms with Crippen molar-refractivity contribution in [1.29, 1.82) is 0 Å². The molecule has 0 aliphatic carbocycles. The van der Waals surface area contributed by atoms with Gasteiger partial charge in [0.05, 0.1) is 29.5 Å². The second-order valence-electron chi connectivity index (χ2n) is 5.81. The lowest BCUT2D eigenvalue weighted by atomic mass is 10.3. The molecule has 0 radical (unpaired) electrons. The van der Waals surface area contributed by atoms with E-state index < -0.39 is 15.9 Å². The van der Waals surface area contributed by atoms with Crippen molar-refractivity contribution in [2.24, 2.45) is 0 Å². The van der Waals surface area contributed by atoms with Crippen molar-refractivity contribution >= 4 is 44.0 Å². The van der Waals surface area contributed by atoms with E-state index >= 15 is 0 Å². The predicted molar refractivity (Wildman–Crippen MR) is 107 cm³/mol. The Kier molecular flexibility index (Phi) is 4.90. The summed E-state index contributed by atoms with van der Waals surface area (Å²) in [6.07, 6.45) is 3.19. The lowest BCUT2D eigenvalue weighted by Gasteiger charge is -2.08. The minimum absolute atomic E-state index is 0.166. The summed E-state index contributed by atoms with van der Waals surface area (Å²) >= 11 is 1.09. The van der Waals surface area contributed by atoms with Crippen molar-refractivity contribution in [2.45, 2.75) is 4.21 Å². The van der Waals surface area contributed by atoms with Crippen molar-refractivity contribution in [3.05, 3.63) is 66.4 Å². The van der Waals surface area contributed by atoms with Gasteiger partial charge in [-0.1, -0.05) is 18.2 Å². The quantitative estimate of drug-likeness (QED) is 0.505. The topological polar surface area (TPSA) is 106 Å². The molecule has 0 unspecified atom stereocenters. The number of sulfonamides is 1. The predicted octanol–water partition coefficient (Wildman–Crippen LogP) is 2.40. The molecule has 2 N–H and O–H groups in total. The Bertz CT molecular complexity index is 1220. The van der Waals surface area contributed by atoms with E-state index in [1.807, 2.05) is 28.8 Å². The van der Waals surface area contributed by atoms with Crippen molar-refractivity contribution in [2.75, 3.05) is 11.9 Å². The van der Waals surface area contributed by atoms with E-state index in [9.17, 15) is 13.2 Å². The summed E-state index contributed by atoms with van der Waals surface area (Å²) in [7, 11) is -3.68. The van der Waals surface area contributed by atoms with E-state index in [-0.39, 0.29) is 10.8 Å². The Balaban J connectivity index is 1.41. The van der Waals surface area contributed by atoms with Gasteiger partial charge in [-0.2, -0.15) is 0 Å². The number of fused-ring (bicyclic) bond motifs is 1. The van der Waals surface area contributed by atoms with Gasteiger partial charge in [0, 0.05) is 0 Å². The summed E-state index contributed by atoms with van der Waals surface area (Å²) < 4.78 is 28.3. The van der Waals surface area contributed by atoms with Gasteiger partial charge in [-0.15, -0.1) is 11.3 Å². The maximum atomic E-state index is 12.0. The van der Waals surface area contributed by atoms with Gasteiger partial charge < -0.3 is 5.32 Å². The first kappa shape index (κ1) is 18.3. The summed E-state index contributed by atoms with van der Waals surface area (Å²) in [6.45, 7) is -0.367. The molecule has 0 spiro atoms. The summed E-state index contributed by atoms with van der Waals surface area (Å²) in [6, 6.07) is 14.3. The molecule has 8 nitrogen and oxygen atoms in total. The lowest BCUT2D eigenvalue weighted by Crippen LogP contribution is -2.32. The Hall–Kier alpha value is -3.08. The highest BCUT2D eigenvalue weighted by molar-refractivity contribution is 7.91. The number of nitrogens with one attached hydrogen (secondary N) is 2. The number of anilines is 1. The van der Waals surface area contributed by atoms with Crippen molar-refractivity contribution < 1.29 is 13.2 Å². The maximum Gasteiger partial charge on any atom is 0.250 e. The van der Waals surface area contributed by atoms with Crippen LogP contribution in [0.1, 0.15) is 0 Å². The SMILES string of the molecule is O=C(CNS(=O)(=O)c1cccs1)Nc1ccc(-n2cnc3ccccc32)nc1. The molecule has 0 saturated carbocycles. The van der Waals surface area contributed by atoms with Gasteiger partial charge in [0.15, 0.2) is 0 Å². The number of rotatable bonds is 6. The number of carbonyl (C=O) groups excluding carboxylic acids is 1. The van der Waals surface area contributed by atoms with Crippen LogP contribution in [0.4, 0.5) is 5.69 Å². The molecule has 3 heterocycles. The fourth-order valence-electron chi connectivity index (χ4n) is 2.60. The normalized spacial score (nSPS) is 11.6. The summed E-state index contributed by atoms with van der Waals surface area (Å²) in [5, 5.41) is 4.28. The zero-order valence-electron chi connectivity index (χ0n) is 14.4. The second kappa shape index (κ2) is 7.50. The van der Waals surface area contributed by atoms with E-state index in [4.69, 9.17) is 0 Å². The maximum absolute atomic E-state index is 12.0. The fourth-order valence-corrected chi connectivity index (χ4v) is 4.62. The van der Waals surface area contributed by atoms with Crippen LogP contribution in [-0.4, -0.2) is 35.4 Å². The summed E-state index contributed by atoms with van der Waals surface area (Å²) in [5.74, 6) is 0.174. The number of hydrogen-bond donors (Lipinski definition) is 2. The van der Waals surface area contributed by atoms with E-state index in [2.05, 4.69) is 20.0 Å². The van der Waals surface area contributed by atoms with Crippen LogP contribution in [0.3, 0.4) is 0 Å². The van der Waals surface area contributed by atoms with Gasteiger partial charge >= 0.3 is 0 Å². The third kappa shape index (κ3) is 3.79. The molecule has 0 aliphatic heterocycles. The summed E-state index contributed by atoms with van der Waals surface area (Å²) in [4.78, 5) is 20.7. The van der Waals surface area contributed by atoms with Gasteiger partial charge in [0.1, 0.15) is 16.4 Å². The average Bonchev–Trinajstić information content (AvgIpc) is 3.38. The van der Waals surface area contributed by atoms with Crippen LogP contribution < -0.4 is 10.0 Å². The minimum atomic E-state index is -3.68. The number of benzene rings is 1. The Morgan fingerprint density at radius 1 is 1.07 bits per heavy atom. The van der Waals surface area contributed by atoms with Gasteiger partial charge in [0.2, 0.25) is 5.91 Å². The number of pyridine rings is 1. The molecule has 0 saturated heterocycles. The molecule has 4 aromatic rings. The molecule has 28 heavy (non-hydrogen) atoms. The Morgan fingerprint density at radius 2 is 1.93 bits per heavy atom. The van der Waals surface area contributed by atoms with Crippen LogP contribution in [0.5, 0.6) is 0 Å². The molecule has 0 aliphatic rings. The number of para-hydroxylation sites is 2. The number of thiophene rings is 1. The van der Waals surface area contributed by atoms with Crippen molar-refractivity contribution in [3.8, 4) is 5.82 Å². The minimum Gasteiger partial charge on any atom is -0.324 e. The van der Waals surface area contributed by atoms with Crippen LogP contribution in [0.15, 0.2) is 70.6 Å². The van der Waals surface area contributed by atoms with Crippen LogP contribution in [0.2, 0.25) is 0 Å². The number of nitrogens with zero attached hydrogens (tertiary/aromatic N) is 3. The summed E-state index contributed by atoms with van der Waals surface area (Å²) in [5.41, 5.74) is 2.25. The highest BCUT2D eigenvalue weighted by Gasteiger charge is 2.16. The average molecular weight is 413 g/mol. The molecular formula is C18H15N5O3S2. The van der Waals surface area contributed by atoms with Crippen LogP contribution in [-0.2, 0) is 14.8 Å². The first-order valence-electron chi connectivity index (χ1n) is 8.24. The number of hydrogen-bond acceptors (Lipinski definition) is 6. The van der Waals surface area contributed by atoms with Gasteiger partial charge in [-0.05, 0) is 35.7 Å². The standard InChI is InChI=1S/C18H15N5O3S2/c24-17(11-21-28(25,26)18-6-3-9-27-18)22-13-7-8-16(19-10-13)23-12-20-14-4-1-2-5-15(14)23/h1-10,12,21H,11H2,(H,22,24). The Labute approximate surface area is 164 Å². The van der Waals surface area contributed by atoms with Crippen LogP contribution >= 0.6 is 11.3 Å². The molecule has 4 rings (SSSR count). The fraction of sp³-hybridized carbons (Fsp3) is 0.0556. The monoisotopic (exact) mass is 413 g/mol. The third-order valence-electron chi connectivity index (χ3n) is 3.91. The molecule has 3 aromatic heterocycles. The lowest BCUT2D eigenvalue weighted by molar-refractivity contribution is -0.115. The van der Waals surface area contributed by atoms with E-state index in [0.29, 0.717) is 11.5 Å². The third-order valence-corrected chi connectivity index (χ3v) is 6.71. The molecular weight excluding hydrogens is 398 g/mol. The van der Waals surface area contributed by atoms with Gasteiger partial charge in [-0.25, -0.2) is 23.1 Å². The molecule has 1 amide bonds. The zero-order valence-corrected chi connectivity index (χ0v) is 16.1. The number of amides is 1. The smallest absolute Gasteiger partial charge is 0.250 e. The van der Waals surface area contributed by atoms with Crippen molar-refractivity contribution in [3.63, 3.8) is 0 Å². The Morgan fingerprint density at radius 3 is 2.68 bits per heavy atom. The van der Waals surface area contributed by atoms with Crippen LogP contribution in [0, 0.1) is 0 Å². The highest BCUT2D eigenvalue weighted by atomic mass is 32.2.